The highest BCUT2D eigenvalue weighted by molar-refractivity contribution is 7.09. The molecule has 0 saturated carbocycles. The Bertz CT molecular complexity index is 595. The summed E-state index contributed by atoms with van der Waals surface area (Å²) in [6.45, 7) is 2.41. The van der Waals surface area contributed by atoms with Gasteiger partial charge < -0.3 is 16.2 Å². The number of rotatable bonds is 4. The van der Waals surface area contributed by atoms with Crippen molar-refractivity contribution in [1.82, 2.24) is 10.3 Å². The molecule has 0 aliphatic rings. The number of anilines is 1. The normalized spacial score (nSPS) is 10.4. The first-order valence-corrected chi connectivity index (χ1v) is 6.72. The van der Waals surface area contributed by atoms with Crippen LogP contribution < -0.4 is 11.1 Å². The van der Waals surface area contributed by atoms with Crippen molar-refractivity contribution < 1.29 is 9.90 Å². The highest BCUT2D eigenvalue weighted by atomic mass is 32.1. The maximum absolute atomic E-state index is 11.9. The average molecular weight is 277 g/mol. The molecule has 0 fully saturated rings. The molecule has 4 N–H and O–H groups in total. The lowest BCUT2D eigenvalue weighted by Crippen LogP contribution is -2.26. The van der Waals surface area contributed by atoms with Gasteiger partial charge >= 0.3 is 0 Å². The lowest BCUT2D eigenvalue weighted by atomic mass is 10.1. The molecule has 0 radical (unpaired) electrons. The summed E-state index contributed by atoms with van der Waals surface area (Å²) in [4.78, 5) is 16.2. The minimum atomic E-state index is -0.336. The van der Waals surface area contributed by atoms with Gasteiger partial charge in [0.1, 0.15) is 0 Å². The zero-order valence-corrected chi connectivity index (χ0v) is 11.3. The van der Waals surface area contributed by atoms with E-state index in [0.717, 1.165) is 10.7 Å². The van der Waals surface area contributed by atoms with Crippen LogP contribution in [0.25, 0.3) is 0 Å². The summed E-state index contributed by atoms with van der Waals surface area (Å²) >= 11 is 1.58. The van der Waals surface area contributed by atoms with Gasteiger partial charge in [-0.25, -0.2) is 4.98 Å². The monoisotopic (exact) mass is 277 g/mol. The average Bonchev–Trinajstić information content (AvgIpc) is 2.78. The number of hydrogen-bond donors (Lipinski definition) is 3. The number of phenols is 1. The molecule has 5 nitrogen and oxygen atoms in total. The van der Waals surface area contributed by atoms with Crippen molar-refractivity contribution in [3.8, 4) is 5.75 Å². The van der Waals surface area contributed by atoms with Crippen molar-refractivity contribution in [2.75, 3.05) is 12.3 Å². The van der Waals surface area contributed by atoms with E-state index in [9.17, 15) is 9.90 Å². The highest BCUT2D eigenvalue weighted by Crippen LogP contribution is 2.24. The van der Waals surface area contributed by atoms with Gasteiger partial charge in [0.2, 0.25) is 0 Å². The molecule has 0 aliphatic carbocycles. The van der Waals surface area contributed by atoms with Crippen molar-refractivity contribution in [3.63, 3.8) is 0 Å². The molecule has 2 aromatic rings. The molecule has 0 saturated heterocycles. The molecule has 6 heteroatoms. The van der Waals surface area contributed by atoms with Crippen LogP contribution >= 0.6 is 11.3 Å². The first-order valence-electron chi connectivity index (χ1n) is 5.84. The Morgan fingerprint density at radius 1 is 1.53 bits per heavy atom. The van der Waals surface area contributed by atoms with Crippen LogP contribution in [0.3, 0.4) is 0 Å². The molecule has 1 amide bonds. The van der Waals surface area contributed by atoms with Gasteiger partial charge in [-0.3, -0.25) is 4.79 Å². The predicted octanol–water partition coefficient (Wildman–Crippen LogP) is 1.71. The van der Waals surface area contributed by atoms with Crippen LogP contribution in [0, 0.1) is 6.92 Å². The van der Waals surface area contributed by atoms with E-state index in [0.29, 0.717) is 13.0 Å². The number of aryl methyl sites for hydroxylation is 1. The van der Waals surface area contributed by atoms with E-state index >= 15 is 0 Å². The largest absolute Gasteiger partial charge is 0.505 e. The molecule has 1 heterocycles. The van der Waals surface area contributed by atoms with Crippen LogP contribution in [0.15, 0.2) is 23.6 Å². The Morgan fingerprint density at radius 2 is 2.32 bits per heavy atom. The third-order valence-corrected chi connectivity index (χ3v) is 3.47. The Kier molecular flexibility index (Phi) is 4.01. The lowest BCUT2D eigenvalue weighted by molar-refractivity contribution is 0.0951. The predicted molar refractivity (Wildman–Crippen MR) is 75.4 cm³/mol. The Labute approximate surface area is 115 Å². The Hall–Kier alpha value is -2.08. The van der Waals surface area contributed by atoms with Crippen molar-refractivity contribution in [2.24, 2.45) is 0 Å². The zero-order chi connectivity index (χ0) is 13.8. The number of nitrogens with one attached hydrogen (secondary N) is 1. The fourth-order valence-electron chi connectivity index (χ4n) is 1.67. The summed E-state index contributed by atoms with van der Waals surface area (Å²) < 4.78 is 0. The number of nitrogen functional groups attached to an aromatic ring is 1. The number of benzene rings is 1. The quantitative estimate of drug-likeness (QED) is 0.586. The smallest absolute Gasteiger partial charge is 0.255 e. The van der Waals surface area contributed by atoms with E-state index in [1.54, 1.807) is 23.5 Å². The number of carbonyl (C=O) groups excluding carboxylic acids is 1. The molecule has 2 rings (SSSR count). The summed E-state index contributed by atoms with van der Waals surface area (Å²) in [7, 11) is 0. The molecule has 0 aliphatic heterocycles. The SMILES string of the molecule is Cc1nc(CCNC(=O)c2cccc(N)c2O)cs1. The first kappa shape index (κ1) is 13.4. The third-order valence-electron chi connectivity index (χ3n) is 2.65. The number of aromatic hydroxyl groups is 1. The molecule has 0 spiro atoms. The number of nitrogens with zero attached hydrogens (tertiary/aromatic N) is 1. The summed E-state index contributed by atoms with van der Waals surface area (Å²) in [6, 6.07) is 4.71. The molecule has 1 aromatic carbocycles. The van der Waals surface area contributed by atoms with Crippen LogP contribution in [0.1, 0.15) is 21.1 Å². The molecular weight excluding hydrogens is 262 g/mol. The van der Waals surface area contributed by atoms with Crippen LogP contribution in [0.4, 0.5) is 5.69 Å². The second-order valence-corrected chi connectivity index (χ2v) is 5.17. The number of aromatic nitrogens is 1. The molecular formula is C13H15N3O2S. The number of hydrogen-bond acceptors (Lipinski definition) is 5. The Balaban J connectivity index is 1.93. The van der Waals surface area contributed by atoms with E-state index in [1.165, 1.54) is 6.07 Å². The number of amides is 1. The summed E-state index contributed by atoms with van der Waals surface area (Å²) in [5.41, 5.74) is 6.89. The Morgan fingerprint density at radius 3 is 3.00 bits per heavy atom. The summed E-state index contributed by atoms with van der Waals surface area (Å²) in [5.74, 6) is -0.513. The molecule has 0 bridgehead atoms. The van der Waals surface area contributed by atoms with Crippen LogP contribution in [-0.2, 0) is 6.42 Å². The van der Waals surface area contributed by atoms with Gasteiger partial charge in [-0.15, -0.1) is 11.3 Å². The summed E-state index contributed by atoms with van der Waals surface area (Å²) in [6.07, 6.45) is 0.666. The van der Waals surface area contributed by atoms with E-state index in [1.807, 2.05) is 12.3 Å². The van der Waals surface area contributed by atoms with E-state index in [2.05, 4.69) is 10.3 Å². The van der Waals surface area contributed by atoms with Crippen molar-refractivity contribution in [1.29, 1.82) is 0 Å². The standard InChI is InChI=1S/C13H15N3O2S/c1-8-16-9(7-19-8)5-6-15-13(18)10-3-2-4-11(14)12(10)17/h2-4,7,17H,5-6,14H2,1H3,(H,15,18). The second kappa shape index (κ2) is 5.71. The van der Waals surface area contributed by atoms with Crippen molar-refractivity contribution in [3.05, 3.63) is 39.8 Å². The fourth-order valence-corrected chi connectivity index (χ4v) is 2.31. The van der Waals surface area contributed by atoms with Crippen molar-refractivity contribution >= 4 is 22.9 Å². The maximum Gasteiger partial charge on any atom is 0.255 e. The van der Waals surface area contributed by atoms with Crippen LogP contribution in [0.2, 0.25) is 0 Å². The van der Waals surface area contributed by atoms with Gasteiger partial charge in [-0.1, -0.05) is 6.07 Å². The fraction of sp³-hybridized carbons (Fsp3) is 0.231. The second-order valence-electron chi connectivity index (χ2n) is 4.11. The van der Waals surface area contributed by atoms with Gasteiger partial charge in [0.05, 0.1) is 22.0 Å². The lowest BCUT2D eigenvalue weighted by Gasteiger charge is -2.07. The van der Waals surface area contributed by atoms with Gasteiger partial charge in [0, 0.05) is 18.3 Å². The van der Waals surface area contributed by atoms with E-state index in [-0.39, 0.29) is 22.9 Å². The molecule has 100 valence electrons. The topological polar surface area (TPSA) is 88.2 Å². The zero-order valence-electron chi connectivity index (χ0n) is 10.5. The van der Waals surface area contributed by atoms with Crippen LogP contribution in [-0.4, -0.2) is 22.5 Å². The highest BCUT2D eigenvalue weighted by Gasteiger charge is 2.12. The van der Waals surface area contributed by atoms with E-state index < -0.39 is 0 Å². The number of carbonyl (C=O) groups is 1. The number of thiazole rings is 1. The maximum atomic E-state index is 11.9. The van der Waals surface area contributed by atoms with E-state index in [4.69, 9.17) is 5.73 Å². The van der Waals surface area contributed by atoms with Gasteiger partial charge in [0.15, 0.2) is 5.75 Å². The van der Waals surface area contributed by atoms with Gasteiger partial charge in [0.25, 0.3) is 5.91 Å². The molecule has 0 atom stereocenters. The van der Waals surface area contributed by atoms with Gasteiger partial charge in [-0.05, 0) is 19.1 Å². The van der Waals surface area contributed by atoms with Crippen LogP contribution in [0.5, 0.6) is 5.75 Å². The van der Waals surface area contributed by atoms with Gasteiger partial charge in [-0.2, -0.15) is 0 Å². The van der Waals surface area contributed by atoms with Crippen molar-refractivity contribution in [2.45, 2.75) is 13.3 Å². The molecule has 1 aromatic heterocycles. The summed E-state index contributed by atoms with van der Waals surface area (Å²) in [5, 5.41) is 15.4. The third kappa shape index (κ3) is 3.23. The number of para-hydroxylation sites is 1. The minimum Gasteiger partial charge on any atom is -0.505 e. The number of phenolic OH excluding ortho intramolecular Hbond substituents is 1. The molecule has 0 unspecified atom stereocenters. The first-order chi connectivity index (χ1) is 9.08. The number of nitrogens with two attached hydrogens (primary N) is 1. The molecule has 19 heavy (non-hydrogen) atoms. The minimum absolute atomic E-state index is 0.176.